The Balaban J connectivity index is 1.46. The van der Waals surface area contributed by atoms with Gasteiger partial charge in [0.05, 0.1) is 11.4 Å². The van der Waals surface area contributed by atoms with Gasteiger partial charge in [0.25, 0.3) is 5.91 Å². The van der Waals surface area contributed by atoms with Crippen molar-refractivity contribution in [3.63, 3.8) is 0 Å². The number of ether oxygens (including phenoxy) is 1. The number of rotatable bonds is 7. The molecule has 1 N–H and O–H groups in total. The maximum atomic E-state index is 12.4. The van der Waals surface area contributed by atoms with Crippen molar-refractivity contribution < 1.29 is 14.3 Å². The molecule has 0 aliphatic carbocycles. The monoisotopic (exact) mass is 370 g/mol. The number of aryl methyl sites for hydroxylation is 3. The predicted octanol–water partition coefficient (Wildman–Crippen LogP) is 2.21. The lowest BCUT2D eigenvalue weighted by molar-refractivity contribution is -0.125. The van der Waals surface area contributed by atoms with Crippen molar-refractivity contribution in [1.82, 2.24) is 15.1 Å². The predicted molar refractivity (Wildman–Crippen MR) is 103 cm³/mol. The van der Waals surface area contributed by atoms with Gasteiger partial charge in [-0.05, 0) is 45.4 Å². The van der Waals surface area contributed by atoms with E-state index in [0.29, 0.717) is 18.8 Å². The van der Waals surface area contributed by atoms with Gasteiger partial charge in [-0.15, -0.1) is 0 Å². The summed E-state index contributed by atoms with van der Waals surface area (Å²) in [5, 5.41) is 7.33. The fourth-order valence-electron chi connectivity index (χ4n) is 3.25. The molecule has 2 amide bonds. The van der Waals surface area contributed by atoms with E-state index >= 15 is 0 Å². The molecule has 27 heavy (non-hydrogen) atoms. The highest BCUT2D eigenvalue weighted by atomic mass is 16.5. The number of nitrogens with one attached hydrogen (secondary N) is 1. The zero-order valence-corrected chi connectivity index (χ0v) is 16.1. The SMILES string of the molecule is Cc1cc(C)n(CCCNC(=O)CCN2C(=O)[C@@H](C)Oc3ccccc32)n1. The summed E-state index contributed by atoms with van der Waals surface area (Å²) in [6.45, 7) is 7.42. The highest BCUT2D eigenvalue weighted by Gasteiger charge is 2.31. The number of carbonyl (C=O) groups excluding carboxylic acids is 2. The van der Waals surface area contributed by atoms with Crippen LogP contribution in [0.5, 0.6) is 5.75 Å². The molecule has 0 spiro atoms. The smallest absolute Gasteiger partial charge is 0.267 e. The second-order valence-corrected chi connectivity index (χ2v) is 6.82. The van der Waals surface area contributed by atoms with E-state index in [1.807, 2.05) is 48.9 Å². The van der Waals surface area contributed by atoms with Crippen molar-refractivity contribution in [1.29, 1.82) is 0 Å². The molecule has 0 fully saturated rings. The number of hydrogen-bond donors (Lipinski definition) is 1. The van der Waals surface area contributed by atoms with E-state index in [-0.39, 0.29) is 18.2 Å². The number of carbonyl (C=O) groups is 2. The molecular weight excluding hydrogens is 344 g/mol. The van der Waals surface area contributed by atoms with Crippen molar-refractivity contribution in [2.45, 2.75) is 46.3 Å². The lowest BCUT2D eigenvalue weighted by Crippen LogP contribution is -2.45. The molecule has 0 saturated heterocycles. The summed E-state index contributed by atoms with van der Waals surface area (Å²) in [7, 11) is 0. The molecule has 1 aliphatic heterocycles. The first-order chi connectivity index (χ1) is 13.0. The minimum atomic E-state index is -0.538. The van der Waals surface area contributed by atoms with Crippen LogP contribution in [0.15, 0.2) is 30.3 Å². The number of anilines is 1. The third-order valence-corrected chi connectivity index (χ3v) is 4.61. The molecule has 3 rings (SSSR count). The molecule has 144 valence electrons. The number of aromatic nitrogens is 2. The van der Waals surface area contributed by atoms with Crippen LogP contribution in [0.4, 0.5) is 5.69 Å². The highest BCUT2D eigenvalue weighted by molar-refractivity contribution is 6.00. The fourth-order valence-corrected chi connectivity index (χ4v) is 3.25. The van der Waals surface area contributed by atoms with E-state index in [1.165, 1.54) is 0 Å². The Morgan fingerprint density at radius 1 is 1.26 bits per heavy atom. The van der Waals surface area contributed by atoms with Crippen molar-refractivity contribution in [2.75, 3.05) is 18.0 Å². The normalized spacial score (nSPS) is 16.0. The van der Waals surface area contributed by atoms with Crippen molar-refractivity contribution in [3.05, 3.63) is 41.7 Å². The Bertz CT molecular complexity index is 830. The van der Waals surface area contributed by atoms with E-state index in [2.05, 4.69) is 10.4 Å². The molecule has 0 bridgehead atoms. The summed E-state index contributed by atoms with van der Waals surface area (Å²) < 4.78 is 7.56. The Hall–Kier alpha value is -2.83. The van der Waals surface area contributed by atoms with Crippen LogP contribution >= 0.6 is 0 Å². The first-order valence-corrected chi connectivity index (χ1v) is 9.30. The number of para-hydroxylation sites is 2. The maximum Gasteiger partial charge on any atom is 0.267 e. The lowest BCUT2D eigenvalue weighted by Gasteiger charge is -2.32. The minimum Gasteiger partial charge on any atom is -0.479 e. The summed E-state index contributed by atoms with van der Waals surface area (Å²) >= 11 is 0. The van der Waals surface area contributed by atoms with Gasteiger partial charge in [-0.1, -0.05) is 12.1 Å². The average Bonchev–Trinajstić information content (AvgIpc) is 2.96. The van der Waals surface area contributed by atoms with Crippen LogP contribution in [0.1, 0.15) is 31.2 Å². The topological polar surface area (TPSA) is 76.5 Å². The van der Waals surface area contributed by atoms with E-state index in [4.69, 9.17) is 4.74 Å². The zero-order valence-electron chi connectivity index (χ0n) is 16.1. The van der Waals surface area contributed by atoms with Crippen LogP contribution in [0.2, 0.25) is 0 Å². The zero-order chi connectivity index (χ0) is 19.4. The molecular formula is C20H26N4O3. The summed E-state index contributed by atoms with van der Waals surface area (Å²) in [4.78, 5) is 26.2. The van der Waals surface area contributed by atoms with Crippen LogP contribution in [-0.2, 0) is 16.1 Å². The Morgan fingerprint density at radius 3 is 2.78 bits per heavy atom. The number of amides is 2. The number of fused-ring (bicyclic) bond motifs is 1. The van der Waals surface area contributed by atoms with Crippen molar-refractivity contribution >= 4 is 17.5 Å². The van der Waals surface area contributed by atoms with Crippen LogP contribution < -0.4 is 15.0 Å². The van der Waals surface area contributed by atoms with E-state index in [9.17, 15) is 9.59 Å². The minimum absolute atomic E-state index is 0.0622. The van der Waals surface area contributed by atoms with Gasteiger partial charge >= 0.3 is 0 Å². The molecule has 0 radical (unpaired) electrons. The Kier molecular flexibility index (Phi) is 5.78. The van der Waals surface area contributed by atoms with Crippen molar-refractivity contribution in [3.8, 4) is 5.75 Å². The molecule has 2 aromatic rings. The van der Waals surface area contributed by atoms with E-state index < -0.39 is 6.10 Å². The molecule has 0 saturated carbocycles. The van der Waals surface area contributed by atoms with Crippen LogP contribution in [0.25, 0.3) is 0 Å². The standard InChI is InChI=1S/C20H26N4O3/c1-14-13-15(2)24(22-14)11-6-10-21-19(25)9-12-23-17-7-4-5-8-18(17)27-16(3)20(23)26/h4-5,7-8,13,16H,6,9-12H2,1-3H3,(H,21,25)/t16-/m1/s1. The second kappa shape index (κ2) is 8.24. The number of hydrogen-bond acceptors (Lipinski definition) is 4. The van der Waals surface area contributed by atoms with Gasteiger partial charge in [0, 0.05) is 31.7 Å². The number of benzene rings is 1. The van der Waals surface area contributed by atoms with Gasteiger partial charge in [0.15, 0.2) is 6.10 Å². The van der Waals surface area contributed by atoms with Gasteiger partial charge < -0.3 is 15.0 Å². The average molecular weight is 370 g/mol. The summed E-state index contributed by atoms with van der Waals surface area (Å²) in [5.74, 6) is 0.494. The van der Waals surface area contributed by atoms with Crippen LogP contribution in [0.3, 0.4) is 0 Å². The molecule has 7 heteroatoms. The van der Waals surface area contributed by atoms with Gasteiger partial charge in [-0.3, -0.25) is 14.3 Å². The molecule has 7 nitrogen and oxygen atoms in total. The van der Waals surface area contributed by atoms with Gasteiger partial charge in [-0.2, -0.15) is 5.10 Å². The van der Waals surface area contributed by atoms with Crippen LogP contribution in [0, 0.1) is 13.8 Å². The first kappa shape index (κ1) is 18.9. The van der Waals surface area contributed by atoms with Gasteiger partial charge in [0.2, 0.25) is 5.91 Å². The molecule has 1 atom stereocenters. The molecule has 1 aromatic carbocycles. The van der Waals surface area contributed by atoms with Crippen LogP contribution in [-0.4, -0.2) is 40.8 Å². The fraction of sp³-hybridized carbons (Fsp3) is 0.450. The van der Waals surface area contributed by atoms with Gasteiger partial charge in [-0.25, -0.2) is 0 Å². The quantitative estimate of drug-likeness (QED) is 0.758. The second-order valence-electron chi connectivity index (χ2n) is 6.82. The summed E-state index contributed by atoms with van der Waals surface area (Å²) in [6, 6.07) is 9.44. The largest absolute Gasteiger partial charge is 0.479 e. The Morgan fingerprint density at radius 2 is 2.04 bits per heavy atom. The lowest BCUT2D eigenvalue weighted by atomic mass is 10.1. The maximum absolute atomic E-state index is 12.4. The summed E-state index contributed by atoms with van der Waals surface area (Å²) in [6.07, 6.45) is 0.528. The molecule has 1 aliphatic rings. The number of nitrogens with zero attached hydrogens (tertiary/aromatic N) is 3. The molecule has 1 aromatic heterocycles. The molecule has 0 unspecified atom stereocenters. The van der Waals surface area contributed by atoms with E-state index in [0.717, 1.165) is 30.0 Å². The first-order valence-electron chi connectivity index (χ1n) is 9.30. The Labute approximate surface area is 159 Å². The third-order valence-electron chi connectivity index (χ3n) is 4.61. The van der Waals surface area contributed by atoms with Gasteiger partial charge in [0.1, 0.15) is 5.75 Å². The highest BCUT2D eigenvalue weighted by Crippen LogP contribution is 2.33. The van der Waals surface area contributed by atoms with E-state index in [1.54, 1.807) is 11.8 Å². The van der Waals surface area contributed by atoms with Crippen molar-refractivity contribution in [2.24, 2.45) is 0 Å². The summed E-state index contributed by atoms with van der Waals surface area (Å²) in [5.41, 5.74) is 2.84. The molecule has 2 heterocycles. The third kappa shape index (κ3) is 4.48.